The zero-order valence-electron chi connectivity index (χ0n) is 11.8. The minimum absolute atomic E-state index is 0.626. The van der Waals surface area contributed by atoms with E-state index in [1.54, 1.807) is 18.2 Å². The Morgan fingerprint density at radius 1 is 0.850 bits per heavy atom. The van der Waals surface area contributed by atoms with Crippen LogP contribution < -0.4 is 5.19 Å². The van der Waals surface area contributed by atoms with E-state index in [9.17, 15) is 0 Å². The Kier molecular flexibility index (Phi) is 4.60. The van der Waals surface area contributed by atoms with Gasteiger partial charge in [-0.3, -0.25) is 0 Å². The molecule has 0 aliphatic rings. The molecule has 0 N–H and O–H groups in total. The van der Waals surface area contributed by atoms with Crippen LogP contribution in [0.25, 0.3) is 0 Å². The van der Waals surface area contributed by atoms with Crippen LogP contribution in [0.5, 0.6) is 0 Å². The first-order valence-corrected chi connectivity index (χ1v) is 10.7. The van der Waals surface area contributed by atoms with E-state index in [0.717, 1.165) is 11.1 Å². The minimum Gasteiger partial charge on any atom is -0.0843 e. The summed E-state index contributed by atoms with van der Waals surface area (Å²) < 4.78 is 0. The van der Waals surface area contributed by atoms with E-state index in [1.165, 1.54) is 5.19 Å². The summed E-state index contributed by atoms with van der Waals surface area (Å²) in [5, 5.41) is 2.71. The first-order chi connectivity index (χ1) is 9.36. The average Bonchev–Trinajstić information content (AvgIpc) is 2.39. The highest BCUT2D eigenvalue weighted by Crippen LogP contribution is 2.19. The minimum atomic E-state index is -1.25. The number of hydrogen-bond acceptors (Lipinski definition) is 0. The summed E-state index contributed by atoms with van der Waals surface area (Å²) in [4.78, 5) is 0. The van der Waals surface area contributed by atoms with Gasteiger partial charge in [-0.05, 0) is 30.3 Å². The molecule has 0 saturated carbocycles. The first kappa shape index (κ1) is 15.2. The third kappa shape index (κ3) is 3.90. The summed E-state index contributed by atoms with van der Waals surface area (Å²) in [6.07, 6.45) is 0. The van der Waals surface area contributed by atoms with Crippen molar-refractivity contribution < 1.29 is 0 Å². The van der Waals surface area contributed by atoms with Crippen LogP contribution in [-0.4, -0.2) is 8.07 Å². The van der Waals surface area contributed by atoms with Crippen molar-refractivity contribution in [1.82, 2.24) is 0 Å². The molecule has 0 amide bonds. The maximum atomic E-state index is 6.09. The molecule has 0 aliphatic carbocycles. The Labute approximate surface area is 131 Å². The van der Waals surface area contributed by atoms with Gasteiger partial charge in [0.15, 0.2) is 0 Å². The van der Waals surface area contributed by atoms with Crippen molar-refractivity contribution in [3.05, 3.63) is 63.6 Å². The fourth-order valence-corrected chi connectivity index (χ4v) is 3.29. The monoisotopic (exact) mass is 318 g/mol. The molecule has 2 aromatic carbocycles. The number of hydrogen-bond donors (Lipinski definition) is 0. The molecule has 2 aromatic rings. The van der Waals surface area contributed by atoms with Crippen LogP contribution >= 0.6 is 23.2 Å². The SMILES string of the molecule is C[Si](C)(C)c1ccc(C#Cc2cc(Cl)ccc2Cl)cc1. The van der Waals surface area contributed by atoms with Gasteiger partial charge in [0.1, 0.15) is 0 Å². The molecule has 0 aromatic heterocycles. The summed E-state index contributed by atoms with van der Waals surface area (Å²) >= 11 is 12.0. The van der Waals surface area contributed by atoms with E-state index in [2.05, 4.69) is 55.7 Å². The molecule has 102 valence electrons. The second-order valence-electron chi connectivity index (χ2n) is 5.70. The Balaban J connectivity index is 2.27. The average molecular weight is 319 g/mol. The van der Waals surface area contributed by atoms with Crippen molar-refractivity contribution in [1.29, 1.82) is 0 Å². The van der Waals surface area contributed by atoms with Crippen molar-refractivity contribution in [2.24, 2.45) is 0 Å². The van der Waals surface area contributed by atoms with Crippen molar-refractivity contribution in [3.8, 4) is 11.8 Å². The summed E-state index contributed by atoms with van der Waals surface area (Å²) in [5.74, 6) is 6.20. The number of rotatable bonds is 1. The van der Waals surface area contributed by atoms with Crippen LogP contribution in [-0.2, 0) is 0 Å². The molecule has 0 nitrogen and oxygen atoms in total. The quantitative estimate of drug-likeness (QED) is 0.516. The molecule has 0 unspecified atom stereocenters. The maximum Gasteiger partial charge on any atom is 0.0775 e. The third-order valence-corrected chi connectivity index (χ3v) is 5.65. The third-order valence-electron chi connectivity index (χ3n) is 3.02. The van der Waals surface area contributed by atoms with Gasteiger partial charge in [0.05, 0.1) is 13.1 Å². The Hall–Kier alpha value is -1.20. The summed E-state index contributed by atoms with van der Waals surface area (Å²) in [7, 11) is -1.25. The smallest absolute Gasteiger partial charge is 0.0775 e. The fourth-order valence-electron chi connectivity index (χ4n) is 1.79. The molecule has 0 radical (unpaired) electrons. The van der Waals surface area contributed by atoms with Crippen LogP contribution in [0.3, 0.4) is 0 Å². The summed E-state index contributed by atoms with van der Waals surface area (Å²) in [6.45, 7) is 7.00. The Bertz CT molecular complexity index is 671. The Morgan fingerprint density at radius 3 is 2.10 bits per heavy atom. The number of halogens is 2. The molecule has 20 heavy (non-hydrogen) atoms. The van der Waals surface area contributed by atoms with Crippen molar-refractivity contribution in [2.75, 3.05) is 0 Å². The zero-order chi connectivity index (χ0) is 14.8. The van der Waals surface area contributed by atoms with Crippen molar-refractivity contribution in [2.45, 2.75) is 19.6 Å². The highest BCUT2D eigenvalue weighted by atomic mass is 35.5. The Morgan fingerprint density at radius 2 is 1.50 bits per heavy atom. The van der Waals surface area contributed by atoms with Gasteiger partial charge in [0.2, 0.25) is 0 Å². The second-order valence-corrected chi connectivity index (χ2v) is 11.6. The van der Waals surface area contributed by atoms with E-state index >= 15 is 0 Å². The van der Waals surface area contributed by atoms with Gasteiger partial charge in [-0.15, -0.1) is 0 Å². The molecular formula is C17H16Cl2Si. The molecule has 2 rings (SSSR count). The molecule has 0 fully saturated rings. The van der Waals surface area contributed by atoms with Crippen molar-refractivity contribution in [3.63, 3.8) is 0 Å². The second kappa shape index (κ2) is 6.05. The maximum absolute atomic E-state index is 6.09. The lowest BCUT2D eigenvalue weighted by atomic mass is 10.2. The van der Waals surface area contributed by atoms with Crippen LogP contribution in [0, 0.1) is 11.8 Å². The lowest BCUT2D eigenvalue weighted by Gasteiger charge is -2.15. The first-order valence-electron chi connectivity index (χ1n) is 6.44. The normalized spacial score (nSPS) is 10.8. The van der Waals surface area contributed by atoms with E-state index in [1.807, 2.05) is 0 Å². The highest BCUT2D eigenvalue weighted by molar-refractivity contribution is 6.88. The lowest BCUT2D eigenvalue weighted by Crippen LogP contribution is -2.37. The predicted molar refractivity (Wildman–Crippen MR) is 91.9 cm³/mol. The molecule has 0 spiro atoms. The van der Waals surface area contributed by atoms with Crippen LogP contribution in [0.15, 0.2) is 42.5 Å². The van der Waals surface area contributed by atoms with Crippen molar-refractivity contribution >= 4 is 36.5 Å². The van der Waals surface area contributed by atoms with Gasteiger partial charge in [-0.1, -0.05) is 72.0 Å². The molecule has 0 heterocycles. The fraction of sp³-hybridized carbons (Fsp3) is 0.176. The van der Waals surface area contributed by atoms with Gasteiger partial charge in [0.25, 0.3) is 0 Å². The summed E-state index contributed by atoms with van der Waals surface area (Å²) in [5.41, 5.74) is 1.75. The van der Waals surface area contributed by atoms with Gasteiger partial charge in [-0.25, -0.2) is 0 Å². The van der Waals surface area contributed by atoms with E-state index in [-0.39, 0.29) is 0 Å². The zero-order valence-corrected chi connectivity index (χ0v) is 14.3. The predicted octanol–water partition coefficient (Wildman–Crippen LogP) is 4.94. The van der Waals surface area contributed by atoms with E-state index < -0.39 is 8.07 Å². The highest BCUT2D eigenvalue weighted by Gasteiger charge is 2.15. The van der Waals surface area contributed by atoms with Crippen LogP contribution in [0.1, 0.15) is 11.1 Å². The van der Waals surface area contributed by atoms with Gasteiger partial charge in [0, 0.05) is 16.1 Å². The van der Waals surface area contributed by atoms with Gasteiger partial charge in [-0.2, -0.15) is 0 Å². The van der Waals surface area contributed by atoms with E-state index in [4.69, 9.17) is 23.2 Å². The molecular weight excluding hydrogens is 303 g/mol. The molecule has 0 atom stereocenters. The van der Waals surface area contributed by atoms with Gasteiger partial charge < -0.3 is 0 Å². The molecule has 0 aliphatic heterocycles. The molecule has 0 bridgehead atoms. The topological polar surface area (TPSA) is 0 Å². The largest absolute Gasteiger partial charge is 0.0843 e. The molecule has 0 saturated heterocycles. The standard InChI is InChI=1S/C17H16Cl2Si/c1-20(2,3)16-9-5-13(6-10-16)4-7-14-12-15(18)8-11-17(14)19/h5-6,8-12H,1-3H3. The number of benzene rings is 2. The van der Waals surface area contributed by atoms with Crippen LogP contribution in [0.4, 0.5) is 0 Å². The summed E-state index contributed by atoms with van der Waals surface area (Å²) in [6, 6.07) is 13.8. The van der Waals surface area contributed by atoms with Crippen LogP contribution in [0.2, 0.25) is 29.7 Å². The molecule has 3 heteroatoms. The van der Waals surface area contributed by atoms with Gasteiger partial charge >= 0.3 is 0 Å². The van der Waals surface area contributed by atoms with E-state index in [0.29, 0.717) is 10.0 Å². The lowest BCUT2D eigenvalue weighted by molar-refractivity contribution is 1.62.